The Kier molecular flexibility index (Phi) is 7.87. The van der Waals surface area contributed by atoms with Crippen LogP contribution in [0.3, 0.4) is 0 Å². The molecule has 0 saturated heterocycles. The van der Waals surface area contributed by atoms with Gasteiger partial charge in [-0.3, -0.25) is 0 Å². The smallest absolute Gasteiger partial charge is 0.0726 e. The van der Waals surface area contributed by atoms with Crippen LogP contribution in [0.4, 0.5) is 17.1 Å². The van der Waals surface area contributed by atoms with Gasteiger partial charge in [0.2, 0.25) is 0 Å². The van der Waals surface area contributed by atoms with Crippen molar-refractivity contribution >= 4 is 60.2 Å². The zero-order valence-corrected chi connectivity index (χ0v) is 40.7. The molecule has 74 heavy (non-hydrogen) atoms. The Labute approximate surface area is 429 Å². The van der Waals surface area contributed by atoms with E-state index in [0.717, 1.165) is 17.1 Å². The van der Waals surface area contributed by atoms with Gasteiger partial charge in [-0.1, -0.05) is 236 Å². The second-order valence-electron chi connectivity index (χ2n) is 21.0. The first kappa shape index (κ1) is 40.3. The Morgan fingerprint density at radius 3 is 0.986 bits per heavy atom. The summed E-state index contributed by atoms with van der Waals surface area (Å²) in [6.07, 6.45) is 0. The summed E-state index contributed by atoms with van der Waals surface area (Å²) in [5.74, 6) is 0. The molecule has 0 unspecified atom stereocenters. The number of aryl methyl sites for hydroxylation is 1. The van der Waals surface area contributed by atoms with Gasteiger partial charge in [-0.15, -0.1) is 0 Å². The summed E-state index contributed by atoms with van der Waals surface area (Å²) in [5, 5.41) is 10.0. The van der Waals surface area contributed by atoms with E-state index in [9.17, 15) is 0 Å². The molecule has 0 aromatic heterocycles. The van der Waals surface area contributed by atoms with E-state index >= 15 is 0 Å². The van der Waals surface area contributed by atoms with Gasteiger partial charge < -0.3 is 4.90 Å². The average Bonchev–Trinajstić information content (AvgIpc) is 4.19. The van der Waals surface area contributed by atoms with E-state index in [2.05, 4.69) is 267 Å². The first-order valence-corrected chi connectivity index (χ1v) is 26.1. The molecule has 1 heteroatoms. The summed E-state index contributed by atoms with van der Waals surface area (Å²) < 4.78 is 0. The quantitative estimate of drug-likeness (QED) is 0.171. The van der Waals surface area contributed by atoms with Crippen LogP contribution in [-0.4, -0.2) is 0 Å². The summed E-state index contributed by atoms with van der Waals surface area (Å²) in [5.41, 5.74) is 24.8. The minimum atomic E-state index is -0.566. The lowest BCUT2D eigenvalue weighted by molar-refractivity contribution is 0.794. The highest BCUT2D eigenvalue weighted by molar-refractivity contribution is 6.20. The molecule has 0 atom stereocenters. The van der Waals surface area contributed by atoms with Gasteiger partial charge in [0.15, 0.2) is 0 Å². The zero-order valence-electron chi connectivity index (χ0n) is 40.7. The van der Waals surface area contributed by atoms with Crippen LogP contribution in [0.15, 0.2) is 255 Å². The molecule has 0 fully saturated rings. The highest BCUT2D eigenvalue weighted by Crippen LogP contribution is 2.68. The van der Waals surface area contributed by atoms with E-state index in [4.69, 9.17) is 0 Å². The Bertz CT molecular complexity index is 4260. The maximum absolute atomic E-state index is 2.63. The van der Waals surface area contributed by atoms with Crippen molar-refractivity contribution in [3.05, 3.63) is 305 Å². The molecule has 0 heterocycles. The highest BCUT2D eigenvalue weighted by atomic mass is 15.1. The lowest BCUT2D eigenvalue weighted by atomic mass is 9.70. The van der Waals surface area contributed by atoms with Crippen LogP contribution in [0.1, 0.15) is 50.1 Å². The predicted molar refractivity (Wildman–Crippen MR) is 308 cm³/mol. The molecule has 342 valence electrons. The Balaban J connectivity index is 1.05. The Morgan fingerprint density at radius 2 is 0.581 bits per heavy atom. The summed E-state index contributed by atoms with van der Waals surface area (Å²) in [6, 6.07) is 97.5. The van der Waals surface area contributed by atoms with Crippen molar-refractivity contribution in [3.63, 3.8) is 0 Å². The first-order chi connectivity index (χ1) is 36.7. The standard InChI is InChI=1S/C73H45N/c1-44-34-38-47(39-35-44)74(66-42-64-70(56-28-8-6-26-54(56)66)68-48-20-4-2-18-45(48)36-40-62(68)72(64)58-30-14-10-22-50(58)51-23-11-15-31-59(51)72)67-43-65-71(57-29-9-7-27-55(57)67)69-49-21-5-3-19-46(49)37-41-63(69)73(65)60-32-16-12-24-52(60)53-25-13-17-33-61(53)73/h2-43H,1H3. The predicted octanol–water partition coefficient (Wildman–Crippen LogP) is 18.8. The molecular weight excluding hydrogens is 891 g/mol. The Hall–Kier alpha value is -9.30. The number of hydrogen-bond acceptors (Lipinski definition) is 1. The van der Waals surface area contributed by atoms with Gasteiger partial charge in [0.1, 0.15) is 0 Å². The van der Waals surface area contributed by atoms with Gasteiger partial charge in [0.25, 0.3) is 0 Å². The lowest BCUT2D eigenvalue weighted by Crippen LogP contribution is -2.27. The normalized spacial score (nSPS) is 14.2. The third kappa shape index (κ3) is 4.81. The van der Waals surface area contributed by atoms with Crippen molar-refractivity contribution < 1.29 is 0 Å². The van der Waals surface area contributed by atoms with Crippen LogP contribution in [0, 0.1) is 6.92 Å². The molecule has 0 aliphatic heterocycles. The van der Waals surface area contributed by atoms with Crippen LogP contribution in [0.2, 0.25) is 0 Å². The summed E-state index contributed by atoms with van der Waals surface area (Å²) >= 11 is 0. The minimum absolute atomic E-state index is 0.566. The highest BCUT2D eigenvalue weighted by Gasteiger charge is 2.55. The molecule has 0 bridgehead atoms. The second-order valence-corrected chi connectivity index (χ2v) is 21.0. The SMILES string of the molecule is Cc1ccc(N(c2cc3c(c4ccccc24)-c2c(ccc4ccccc24)C32c3ccccc3-c3ccccc32)c2cc3c(c4ccccc24)-c2c(ccc4ccccc24)C32c3ccccc3-c3ccccc32)cc1. The third-order valence-electron chi connectivity index (χ3n) is 17.7. The van der Waals surface area contributed by atoms with E-state index in [1.807, 2.05) is 0 Å². The second kappa shape index (κ2) is 14.4. The monoisotopic (exact) mass is 935 g/mol. The maximum atomic E-state index is 2.63. The average molecular weight is 936 g/mol. The van der Waals surface area contributed by atoms with Crippen molar-refractivity contribution in [1.82, 2.24) is 0 Å². The van der Waals surface area contributed by atoms with E-state index in [1.165, 1.54) is 138 Å². The van der Waals surface area contributed by atoms with E-state index < -0.39 is 10.8 Å². The van der Waals surface area contributed by atoms with E-state index in [-0.39, 0.29) is 0 Å². The summed E-state index contributed by atoms with van der Waals surface area (Å²) in [4.78, 5) is 2.63. The summed E-state index contributed by atoms with van der Waals surface area (Å²) in [7, 11) is 0. The molecule has 0 amide bonds. The third-order valence-corrected chi connectivity index (χ3v) is 17.7. The van der Waals surface area contributed by atoms with E-state index in [1.54, 1.807) is 0 Å². The molecule has 1 nitrogen and oxygen atoms in total. The van der Waals surface area contributed by atoms with Crippen molar-refractivity contribution in [2.75, 3.05) is 4.90 Å². The molecule has 0 N–H and O–H groups in total. The number of hydrogen-bond donors (Lipinski definition) is 0. The number of nitrogens with zero attached hydrogens (tertiary/aromatic N) is 1. The lowest BCUT2D eigenvalue weighted by Gasteiger charge is -2.35. The molecule has 17 rings (SSSR count). The molecule has 4 aliphatic carbocycles. The van der Waals surface area contributed by atoms with Crippen LogP contribution in [0.5, 0.6) is 0 Å². The van der Waals surface area contributed by atoms with Crippen molar-refractivity contribution in [2.45, 2.75) is 17.8 Å². The van der Waals surface area contributed by atoms with Gasteiger partial charge in [-0.2, -0.15) is 0 Å². The van der Waals surface area contributed by atoms with Crippen LogP contribution in [0.25, 0.3) is 87.6 Å². The topological polar surface area (TPSA) is 3.24 Å². The van der Waals surface area contributed by atoms with Crippen LogP contribution in [-0.2, 0) is 10.8 Å². The Morgan fingerprint density at radius 1 is 0.257 bits per heavy atom. The fourth-order valence-electron chi connectivity index (χ4n) is 14.9. The van der Waals surface area contributed by atoms with Gasteiger partial charge in [0.05, 0.1) is 22.2 Å². The molecular formula is C73H45N. The van der Waals surface area contributed by atoms with Gasteiger partial charge in [0, 0.05) is 16.5 Å². The summed E-state index contributed by atoms with van der Waals surface area (Å²) in [6.45, 7) is 2.20. The number of benzene rings is 13. The number of anilines is 3. The zero-order chi connectivity index (χ0) is 48.4. The van der Waals surface area contributed by atoms with E-state index in [0.29, 0.717) is 0 Å². The van der Waals surface area contributed by atoms with Crippen LogP contribution < -0.4 is 4.90 Å². The fourth-order valence-corrected chi connectivity index (χ4v) is 14.9. The maximum Gasteiger partial charge on any atom is 0.0726 e. The minimum Gasteiger partial charge on any atom is -0.309 e. The van der Waals surface area contributed by atoms with Crippen molar-refractivity contribution in [3.8, 4) is 44.5 Å². The fraction of sp³-hybridized carbons (Fsp3) is 0.0411. The van der Waals surface area contributed by atoms with Gasteiger partial charge in [-0.05, 0) is 153 Å². The molecule has 4 aliphatic rings. The van der Waals surface area contributed by atoms with Gasteiger partial charge >= 0.3 is 0 Å². The van der Waals surface area contributed by atoms with Gasteiger partial charge in [-0.25, -0.2) is 0 Å². The number of fused-ring (bicyclic) bond motifs is 28. The molecule has 13 aromatic carbocycles. The first-order valence-electron chi connectivity index (χ1n) is 26.1. The van der Waals surface area contributed by atoms with Crippen molar-refractivity contribution in [1.29, 1.82) is 0 Å². The molecule has 2 spiro atoms. The van der Waals surface area contributed by atoms with Crippen LogP contribution >= 0.6 is 0 Å². The molecule has 13 aromatic rings. The van der Waals surface area contributed by atoms with Crippen molar-refractivity contribution in [2.24, 2.45) is 0 Å². The number of rotatable bonds is 3. The largest absolute Gasteiger partial charge is 0.309 e. The molecule has 0 saturated carbocycles. The molecule has 0 radical (unpaired) electrons.